The molecule has 1 aromatic rings. The van der Waals surface area contributed by atoms with Crippen LogP contribution >= 0.6 is 27.3 Å². The molecule has 0 atom stereocenters. The molecule has 0 unspecified atom stereocenters. The maximum atomic E-state index is 11.7. The van der Waals surface area contributed by atoms with Gasteiger partial charge in [-0.15, -0.1) is 11.3 Å². The van der Waals surface area contributed by atoms with E-state index in [-0.39, 0.29) is 5.78 Å². The topological polar surface area (TPSA) is 26.3 Å². The Labute approximate surface area is 88.3 Å². The second-order valence-electron chi connectivity index (χ2n) is 2.63. The average molecular weight is 259 g/mol. The van der Waals surface area contributed by atoms with Crippen LogP contribution in [0, 0.1) is 0 Å². The molecule has 68 valence electrons. The normalized spacial score (nSPS) is 15.3. The molecule has 2 nitrogen and oxygen atoms in total. The lowest BCUT2D eigenvalue weighted by atomic mass is 10.2. The van der Waals surface area contributed by atoms with Gasteiger partial charge >= 0.3 is 0 Å². The van der Waals surface area contributed by atoms with Gasteiger partial charge in [0.25, 0.3) is 0 Å². The van der Waals surface area contributed by atoms with E-state index in [1.54, 1.807) is 0 Å². The molecule has 0 aliphatic carbocycles. The molecule has 0 saturated heterocycles. The fraction of sp³-hybridized carbons (Fsp3) is 0.222. The number of ether oxygens (including phenoxy) is 1. The predicted molar refractivity (Wildman–Crippen MR) is 55.0 cm³/mol. The van der Waals surface area contributed by atoms with E-state index in [0.29, 0.717) is 17.2 Å². The van der Waals surface area contributed by atoms with Gasteiger partial charge in [-0.3, -0.25) is 4.79 Å². The fourth-order valence-electron chi connectivity index (χ4n) is 1.14. The van der Waals surface area contributed by atoms with E-state index in [1.165, 1.54) is 11.3 Å². The summed E-state index contributed by atoms with van der Waals surface area (Å²) < 4.78 is 6.04. The molecular formula is C9H7BrO2S. The summed E-state index contributed by atoms with van der Waals surface area (Å²) in [7, 11) is 0. The van der Waals surface area contributed by atoms with Crippen LogP contribution < -0.4 is 0 Å². The molecule has 0 N–H and O–H groups in total. The van der Waals surface area contributed by atoms with Crippen LogP contribution in [0.4, 0.5) is 0 Å². The molecule has 2 heterocycles. The summed E-state index contributed by atoms with van der Waals surface area (Å²) in [5.74, 6) is 0.475. The Morgan fingerprint density at radius 1 is 1.62 bits per heavy atom. The van der Waals surface area contributed by atoms with Crippen LogP contribution in [-0.2, 0) is 4.74 Å². The highest BCUT2D eigenvalue weighted by Gasteiger charge is 2.20. The molecular weight excluding hydrogens is 252 g/mol. The van der Waals surface area contributed by atoms with Crippen LogP contribution in [0.1, 0.15) is 16.1 Å². The van der Waals surface area contributed by atoms with Gasteiger partial charge < -0.3 is 4.74 Å². The first-order chi connectivity index (χ1) is 6.29. The van der Waals surface area contributed by atoms with Crippen molar-refractivity contribution in [3.05, 3.63) is 32.6 Å². The summed E-state index contributed by atoms with van der Waals surface area (Å²) in [4.78, 5) is 12.4. The predicted octanol–water partition coefficient (Wildman–Crippen LogP) is 3.00. The quantitative estimate of drug-likeness (QED) is 0.763. The fourth-order valence-corrected chi connectivity index (χ4v) is 2.64. The second-order valence-corrected chi connectivity index (χ2v) is 4.40. The zero-order valence-electron chi connectivity index (χ0n) is 6.75. The van der Waals surface area contributed by atoms with Crippen LogP contribution in [0.5, 0.6) is 0 Å². The summed E-state index contributed by atoms with van der Waals surface area (Å²) >= 11 is 4.75. The standard InChI is InChI=1S/C9H7BrO2S/c10-6-3-5-13-9(6)8(11)7-2-1-4-12-7/h2-3,5H,1,4H2. The van der Waals surface area contributed by atoms with Crippen LogP contribution in [-0.4, -0.2) is 12.4 Å². The SMILES string of the molecule is O=C(C1=CCCO1)c1sccc1Br. The van der Waals surface area contributed by atoms with E-state index in [4.69, 9.17) is 4.74 Å². The van der Waals surface area contributed by atoms with Crippen molar-refractivity contribution in [2.45, 2.75) is 6.42 Å². The second kappa shape index (κ2) is 3.64. The van der Waals surface area contributed by atoms with E-state index in [1.807, 2.05) is 17.5 Å². The van der Waals surface area contributed by atoms with Gasteiger partial charge in [0.1, 0.15) is 0 Å². The Morgan fingerprint density at radius 3 is 3.00 bits per heavy atom. The number of thiophene rings is 1. The lowest BCUT2D eigenvalue weighted by Gasteiger charge is -2.00. The minimum atomic E-state index is -0.0145. The molecule has 2 rings (SSSR count). The van der Waals surface area contributed by atoms with E-state index in [9.17, 15) is 4.79 Å². The van der Waals surface area contributed by atoms with Gasteiger partial charge in [-0.2, -0.15) is 0 Å². The number of carbonyl (C=O) groups excluding carboxylic acids is 1. The smallest absolute Gasteiger partial charge is 0.238 e. The summed E-state index contributed by atoms with van der Waals surface area (Å²) in [5.41, 5.74) is 0. The summed E-state index contributed by atoms with van der Waals surface area (Å²) in [6.07, 6.45) is 2.68. The molecule has 1 aliphatic rings. The maximum Gasteiger partial charge on any atom is 0.238 e. The molecule has 0 aromatic carbocycles. The number of hydrogen-bond donors (Lipinski definition) is 0. The molecule has 0 spiro atoms. The van der Waals surface area contributed by atoms with E-state index < -0.39 is 0 Å². The molecule has 0 fully saturated rings. The molecule has 4 heteroatoms. The van der Waals surface area contributed by atoms with Crippen LogP contribution in [0.15, 0.2) is 27.8 Å². The highest BCUT2D eigenvalue weighted by molar-refractivity contribution is 9.10. The first-order valence-corrected chi connectivity index (χ1v) is 5.57. The minimum Gasteiger partial charge on any atom is -0.489 e. The molecule has 13 heavy (non-hydrogen) atoms. The van der Waals surface area contributed by atoms with Crippen LogP contribution in [0.25, 0.3) is 0 Å². The largest absolute Gasteiger partial charge is 0.489 e. The molecule has 0 saturated carbocycles. The van der Waals surface area contributed by atoms with Crippen LogP contribution in [0.2, 0.25) is 0 Å². The van der Waals surface area contributed by atoms with Gasteiger partial charge in [0.05, 0.1) is 11.5 Å². The molecule has 0 amide bonds. The summed E-state index contributed by atoms with van der Waals surface area (Å²) in [6, 6.07) is 1.87. The highest BCUT2D eigenvalue weighted by atomic mass is 79.9. The highest BCUT2D eigenvalue weighted by Crippen LogP contribution is 2.26. The third-order valence-electron chi connectivity index (χ3n) is 1.75. The van der Waals surface area contributed by atoms with E-state index in [2.05, 4.69) is 15.9 Å². The Balaban J connectivity index is 2.27. The number of hydrogen-bond acceptors (Lipinski definition) is 3. The molecule has 1 aliphatic heterocycles. The number of carbonyl (C=O) groups is 1. The van der Waals surface area contributed by atoms with Gasteiger partial charge in [-0.05, 0) is 33.5 Å². The van der Waals surface area contributed by atoms with Crippen molar-refractivity contribution < 1.29 is 9.53 Å². The van der Waals surface area contributed by atoms with Crippen molar-refractivity contribution in [3.63, 3.8) is 0 Å². The first-order valence-electron chi connectivity index (χ1n) is 3.89. The van der Waals surface area contributed by atoms with Crippen molar-refractivity contribution >= 4 is 33.0 Å². The number of Topliss-reactive ketones (excluding diaryl/α,β-unsaturated/α-hetero) is 1. The number of halogens is 1. The third kappa shape index (κ3) is 1.69. The third-order valence-corrected chi connectivity index (χ3v) is 3.59. The van der Waals surface area contributed by atoms with Gasteiger partial charge in [0.2, 0.25) is 5.78 Å². The first kappa shape index (κ1) is 8.97. The Bertz CT molecular complexity index is 367. The Kier molecular flexibility index (Phi) is 2.51. The average Bonchev–Trinajstić information content (AvgIpc) is 2.72. The van der Waals surface area contributed by atoms with Crippen molar-refractivity contribution in [3.8, 4) is 0 Å². The van der Waals surface area contributed by atoms with Gasteiger partial charge in [-0.25, -0.2) is 0 Å². The maximum absolute atomic E-state index is 11.7. The monoisotopic (exact) mass is 258 g/mol. The van der Waals surface area contributed by atoms with E-state index >= 15 is 0 Å². The molecule has 0 bridgehead atoms. The van der Waals surface area contributed by atoms with Crippen molar-refractivity contribution in [2.24, 2.45) is 0 Å². The number of ketones is 1. The van der Waals surface area contributed by atoms with Crippen molar-refractivity contribution in [1.29, 1.82) is 0 Å². The lowest BCUT2D eigenvalue weighted by Crippen LogP contribution is -2.01. The van der Waals surface area contributed by atoms with Gasteiger partial charge in [0.15, 0.2) is 5.76 Å². The van der Waals surface area contributed by atoms with Gasteiger partial charge in [-0.1, -0.05) is 0 Å². The number of allylic oxidation sites excluding steroid dienone is 1. The van der Waals surface area contributed by atoms with Crippen molar-refractivity contribution in [2.75, 3.05) is 6.61 Å². The van der Waals surface area contributed by atoms with Gasteiger partial charge in [0, 0.05) is 10.9 Å². The Hall–Kier alpha value is -0.610. The molecule has 1 aromatic heterocycles. The lowest BCUT2D eigenvalue weighted by molar-refractivity contribution is 0.0945. The Morgan fingerprint density at radius 2 is 2.46 bits per heavy atom. The van der Waals surface area contributed by atoms with Crippen LogP contribution in [0.3, 0.4) is 0 Å². The summed E-state index contributed by atoms with van der Waals surface area (Å²) in [5, 5.41) is 1.88. The zero-order chi connectivity index (χ0) is 9.26. The van der Waals surface area contributed by atoms with E-state index in [0.717, 1.165) is 10.9 Å². The zero-order valence-corrected chi connectivity index (χ0v) is 9.15. The minimum absolute atomic E-state index is 0.0145. The number of rotatable bonds is 2. The summed E-state index contributed by atoms with van der Waals surface area (Å²) in [6.45, 7) is 0.629. The van der Waals surface area contributed by atoms with Crippen molar-refractivity contribution in [1.82, 2.24) is 0 Å². The molecule has 0 radical (unpaired) electrons.